The van der Waals surface area contributed by atoms with Crippen LogP contribution in [0.5, 0.6) is 0 Å². The summed E-state index contributed by atoms with van der Waals surface area (Å²) >= 11 is 0. The van der Waals surface area contributed by atoms with Crippen LogP contribution >= 0.6 is 0 Å². The lowest BCUT2D eigenvalue weighted by Gasteiger charge is -2.36. The number of hydrogen-bond donors (Lipinski definition) is 0. The van der Waals surface area contributed by atoms with Crippen molar-refractivity contribution in [2.75, 3.05) is 31.1 Å². The topological polar surface area (TPSA) is 66.4 Å². The second-order valence-corrected chi connectivity index (χ2v) is 10.9. The van der Waals surface area contributed by atoms with E-state index >= 15 is 0 Å². The maximum atomic E-state index is 13.2. The molecule has 0 unspecified atom stereocenters. The average Bonchev–Trinajstić information content (AvgIpc) is 2.83. The largest absolute Gasteiger partial charge is 0.416 e. The van der Waals surface area contributed by atoms with Crippen molar-refractivity contribution in [3.05, 3.63) is 71.2 Å². The number of aryl methyl sites for hydroxylation is 1. The first-order chi connectivity index (χ1) is 16.9. The Hall–Kier alpha value is -3.05. The molecule has 36 heavy (non-hydrogen) atoms. The van der Waals surface area contributed by atoms with Gasteiger partial charge in [0.05, 0.1) is 10.5 Å². The zero-order valence-corrected chi connectivity index (χ0v) is 20.9. The highest BCUT2D eigenvalue weighted by Crippen LogP contribution is 2.34. The first-order valence-corrected chi connectivity index (χ1v) is 12.9. The first-order valence-electron chi connectivity index (χ1n) is 11.4. The van der Waals surface area contributed by atoms with Gasteiger partial charge in [0.25, 0.3) is 0 Å². The van der Waals surface area contributed by atoms with Gasteiger partial charge in [-0.2, -0.15) is 17.5 Å². The average molecular weight is 523 g/mol. The first kappa shape index (κ1) is 26.0. The summed E-state index contributed by atoms with van der Waals surface area (Å²) in [5.41, 5.74) is 1.33. The third-order valence-corrected chi connectivity index (χ3v) is 8.07. The molecular formula is C25H26F4N4O2S. The lowest BCUT2D eigenvalue weighted by molar-refractivity contribution is -0.137. The van der Waals surface area contributed by atoms with Crippen molar-refractivity contribution in [2.24, 2.45) is 0 Å². The molecule has 192 valence electrons. The molecule has 0 atom stereocenters. The van der Waals surface area contributed by atoms with Gasteiger partial charge in [-0.25, -0.2) is 22.8 Å². The van der Waals surface area contributed by atoms with E-state index in [1.54, 1.807) is 0 Å². The number of aromatic nitrogens is 2. The fourth-order valence-corrected chi connectivity index (χ4v) is 5.74. The lowest BCUT2D eigenvalue weighted by Crippen LogP contribution is -2.49. The Balaban J connectivity index is 1.62. The van der Waals surface area contributed by atoms with Gasteiger partial charge in [-0.3, -0.25) is 0 Å². The van der Waals surface area contributed by atoms with E-state index in [0.717, 1.165) is 29.8 Å². The van der Waals surface area contributed by atoms with Crippen LogP contribution in [0.2, 0.25) is 0 Å². The Labute approximate surface area is 207 Å². The molecule has 2 heterocycles. The van der Waals surface area contributed by atoms with Crippen LogP contribution in [0.1, 0.15) is 36.6 Å². The minimum atomic E-state index is -4.43. The van der Waals surface area contributed by atoms with Crippen LogP contribution in [-0.4, -0.2) is 48.9 Å². The molecule has 1 aromatic heterocycles. The van der Waals surface area contributed by atoms with Gasteiger partial charge in [-0.1, -0.05) is 26.0 Å². The highest BCUT2D eigenvalue weighted by molar-refractivity contribution is 7.89. The molecule has 1 aliphatic rings. The summed E-state index contributed by atoms with van der Waals surface area (Å²) in [5, 5.41) is 0. The third-order valence-electron chi connectivity index (χ3n) is 6.15. The Morgan fingerprint density at radius 2 is 1.47 bits per heavy atom. The summed E-state index contributed by atoms with van der Waals surface area (Å²) < 4.78 is 79.5. The molecule has 1 aliphatic heterocycles. The molecule has 0 radical (unpaired) electrons. The zero-order chi connectivity index (χ0) is 26.3. The number of piperazine rings is 1. The van der Waals surface area contributed by atoms with Crippen molar-refractivity contribution in [3.8, 4) is 11.4 Å². The zero-order valence-electron chi connectivity index (χ0n) is 20.1. The summed E-state index contributed by atoms with van der Waals surface area (Å²) in [5.74, 6) is 0.513. The number of nitrogens with zero attached hydrogens (tertiary/aromatic N) is 4. The van der Waals surface area contributed by atoms with Crippen molar-refractivity contribution in [3.63, 3.8) is 0 Å². The van der Waals surface area contributed by atoms with Crippen molar-refractivity contribution in [1.29, 1.82) is 0 Å². The third kappa shape index (κ3) is 5.22. The highest BCUT2D eigenvalue weighted by Gasteiger charge is 2.32. The monoisotopic (exact) mass is 522 g/mol. The second-order valence-electron chi connectivity index (χ2n) is 8.94. The molecule has 4 rings (SSSR count). The van der Waals surface area contributed by atoms with E-state index in [9.17, 15) is 26.0 Å². The summed E-state index contributed by atoms with van der Waals surface area (Å²) in [6.45, 7) is 6.98. The van der Waals surface area contributed by atoms with Crippen LogP contribution in [0.3, 0.4) is 0 Å². The van der Waals surface area contributed by atoms with E-state index in [1.165, 1.54) is 28.6 Å². The second kappa shape index (κ2) is 9.78. The van der Waals surface area contributed by atoms with Crippen LogP contribution < -0.4 is 4.90 Å². The Morgan fingerprint density at radius 1 is 0.889 bits per heavy atom. The lowest BCUT2D eigenvalue weighted by atomic mass is 10.0. The summed E-state index contributed by atoms with van der Waals surface area (Å²) in [4.78, 5) is 11.3. The van der Waals surface area contributed by atoms with Gasteiger partial charge in [-0.05, 0) is 49.2 Å². The number of halogens is 4. The minimum Gasteiger partial charge on any atom is -0.354 e. The molecule has 1 saturated heterocycles. The molecular weight excluding hydrogens is 496 g/mol. The number of alkyl halides is 3. The van der Waals surface area contributed by atoms with Gasteiger partial charge in [-0.15, -0.1) is 0 Å². The number of hydrogen-bond acceptors (Lipinski definition) is 5. The normalized spacial score (nSPS) is 15.5. The summed E-state index contributed by atoms with van der Waals surface area (Å²) in [6.07, 6.45) is -4.43. The van der Waals surface area contributed by atoms with Crippen molar-refractivity contribution in [2.45, 2.75) is 37.8 Å². The maximum absolute atomic E-state index is 13.2. The Bertz CT molecular complexity index is 1330. The van der Waals surface area contributed by atoms with Crippen molar-refractivity contribution >= 4 is 15.8 Å². The quantitative estimate of drug-likeness (QED) is 0.429. The van der Waals surface area contributed by atoms with Crippen LogP contribution in [0, 0.1) is 12.7 Å². The van der Waals surface area contributed by atoms with Gasteiger partial charge in [0.15, 0.2) is 5.82 Å². The van der Waals surface area contributed by atoms with Crippen LogP contribution in [-0.2, 0) is 16.2 Å². The molecule has 11 heteroatoms. The molecule has 1 fully saturated rings. The van der Waals surface area contributed by atoms with E-state index in [0.29, 0.717) is 36.0 Å². The van der Waals surface area contributed by atoms with Crippen molar-refractivity contribution in [1.82, 2.24) is 14.3 Å². The smallest absolute Gasteiger partial charge is 0.354 e. The minimum absolute atomic E-state index is 0.0303. The van der Waals surface area contributed by atoms with E-state index in [2.05, 4.69) is 4.98 Å². The fourth-order valence-electron chi connectivity index (χ4n) is 4.32. The molecule has 0 aliphatic carbocycles. The number of rotatable bonds is 5. The predicted octanol–water partition coefficient (Wildman–Crippen LogP) is 5.24. The molecule has 0 saturated carbocycles. The number of benzene rings is 2. The van der Waals surface area contributed by atoms with E-state index < -0.39 is 27.6 Å². The molecule has 2 aromatic carbocycles. The van der Waals surface area contributed by atoms with Gasteiger partial charge in [0.1, 0.15) is 11.6 Å². The van der Waals surface area contributed by atoms with Gasteiger partial charge < -0.3 is 4.90 Å². The van der Waals surface area contributed by atoms with E-state index in [1.807, 2.05) is 25.7 Å². The van der Waals surface area contributed by atoms with E-state index in [4.69, 9.17) is 4.98 Å². The number of anilines is 1. The Morgan fingerprint density at radius 3 is 2.00 bits per heavy atom. The van der Waals surface area contributed by atoms with Gasteiger partial charge in [0, 0.05) is 43.0 Å². The van der Waals surface area contributed by atoms with Crippen LogP contribution in [0.25, 0.3) is 11.4 Å². The van der Waals surface area contributed by atoms with E-state index in [-0.39, 0.29) is 23.9 Å². The van der Waals surface area contributed by atoms with Gasteiger partial charge in [0.2, 0.25) is 10.0 Å². The van der Waals surface area contributed by atoms with Crippen molar-refractivity contribution < 1.29 is 26.0 Å². The molecule has 0 amide bonds. The molecule has 0 N–H and O–H groups in total. The fraction of sp³-hybridized carbons (Fsp3) is 0.360. The van der Waals surface area contributed by atoms with Gasteiger partial charge >= 0.3 is 6.18 Å². The highest BCUT2D eigenvalue weighted by atomic mass is 32.2. The SMILES string of the molecule is Cc1nc(-c2ccc(C(F)(F)F)cc2)nc(N2CCN(S(=O)(=O)c3ccc(F)cc3)CC2)c1C(C)C. The standard InChI is InChI=1S/C25H26F4N4O2S/c1-16(2)22-17(3)30-23(18-4-6-19(7-5-18)25(27,28)29)31-24(22)32-12-14-33(15-13-32)36(34,35)21-10-8-20(26)9-11-21/h4-11,16H,12-15H2,1-3H3. The molecule has 0 spiro atoms. The molecule has 3 aromatic rings. The number of sulfonamides is 1. The summed E-state index contributed by atoms with van der Waals surface area (Å²) in [6, 6.07) is 9.44. The maximum Gasteiger partial charge on any atom is 0.416 e. The Kier molecular flexibility index (Phi) is 7.07. The predicted molar refractivity (Wildman–Crippen MR) is 129 cm³/mol. The molecule has 6 nitrogen and oxygen atoms in total. The van der Waals surface area contributed by atoms with Crippen LogP contribution in [0.4, 0.5) is 23.4 Å². The molecule has 0 bridgehead atoms. The van der Waals surface area contributed by atoms with Crippen LogP contribution in [0.15, 0.2) is 53.4 Å². The summed E-state index contributed by atoms with van der Waals surface area (Å²) in [7, 11) is -3.77.